The number of benzene rings is 2. The molecule has 0 spiro atoms. The van der Waals surface area contributed by atoms with E-state index in [9.17, 15) is 4.39 Å². The Hall–Kier alpha value is -1.65. The van der Waals surface area contributed by atoms with E-state index < -0.39 is 0 Å². The van der Waals surface area contributed by atoms with Crippen LogP contribution in [0.5, 0.6) is 0 Å². The van der Waals surface area contributed by atoms with Gasteiger partial charge in [-0.3, -0.25) is 0 Å². The van der Waals surface area contributed by atoms with Crippen LogP contribution in [-0.2, 0) is 6.54 Å². The molecule has 1 heterocycles. The topological polar surface area (TPSA) is 25.2 Å². The van der Waals surface area contributed by atoms with Crippen LogP contribution in [0.25, 0.3) is 11.0 Å². The maximum atomic E-state index is 13.7. The average molecular weight is 348 g/mol. The van der Waals surface area contributed by atoms with Crippen LogP contribution in [0, 0.1) is 5.82 Å². The molecule has 0 aliphatic carbocycles. The first kappa shape index (κ1) is 14.3. The summed E-state index contributed by atoms with van der Waals surface area (Å²) in [5, 5.41) is 4.37. The number of halogens is 2. The molecule has 0 bridgehead atoms. The Morgan fingerprint density at radius 2 is 2.00 bits per heavy atom. The van der Waals surface area contributed by atoms with E-state index in [1.54, 1.807) is 12.1 Å². The summed E-state index contributed by atoms with van der Waals surface area (Å²) in [7, 11) is 0. The lowest BCUT2D eigenvalue weighted by Crippen LogP contribution is -2.18. The average Bonchev–Trinajstić information content (AvgIpc) is 2.92. The molecule has 2 nitrogen and oxygen atoms in total. The van der Waals surface area contributed by atoms with E-state index in [4.69, 9.17) is 4.42 Å². The number of para-hydroxylation sites is 1. The van der Waals surface area contributed by atoms with Gasteiger partial charge in [0.05, 0.1) is 6.04 Å². The SMILES string of the molecule is CC(NCc1cc(Br)ccc1F)c1cc2ccccc2o1. The largest absolute Gasteiger partial charge is 0.459 e. The molecule has 1 N–H and O–H groups in total. The monoisotopic (exact) mass is 347 g/mol. The Morgan fingerprint density at radius 1 is 1.19 bits per heavy atom. The van der Waals surface area contributed by atoms with Gasteiger partial charge >= 0.3 is 0 Å². The van der Waals surface area contributed by atoms with Crippen molar-refractivity contribution in [2.75, 3.05) is 0 Å². The van der Waals surface area contributed by atoms with E-state index in [0.717, 1.165) is 21.2 Å². The molecule has 1 aromatic heterocycles. The van der Waals surface area contributed by atoms with Gasteiger partial charge in [0.15, 0.2) is 0 Å². The Bertz CT molecular complexity index is 735. The molecule has 0 saturated heterocycles. The van der Waals surface area contributed by atoms with Gasteiger partial charge < -0.3 is 9.73 Å². The zero-order valence-corrected chi connectivity index (χ0v) is 13.2. The second-order valence-corrected chi connectivity index (χ2v) is 5.94. The predicted molar refractivity (Wildman–Crippen MR) is 85.6 cm³/mol. The fraction of sp³-hybridized carbons (Fsp3) is 0.176. The number of hydrogen-bond donors (Lipinski definition) is 1. The number of hydrogen-bond acceptors (Lipinski definition) is 2. The first-order valence-corrected chi connectivity index (χ1v) is 7.58. The minimum atomic E-state index is -0.206. The second kappa shape index (κ2) is 6.00. The molecule has 3 rings (SSSR count). The molecule has 1 atom stereocenters. The van der Waals surface area contributed by atoms with Crippen LogP contribution in [0.15, 0.2) is 57.4 Å². The van der Waals surface area contributed by atoms with Gasteiger partial charge in [0.2, 0.25) is 0 Å². The van der Waals surface area contributed by atoms with Crippen LogP contribution in [0.2, 0.25) is 0 Å². The highest BCUT2D eigenvalue weighted by Crippen LogP contribution is 2.24. The van der Waals surface area contributed by atoms with Gasteiger partial charge in [-0.25, -0.2) is 4.39 Å². The minimum Gasteiger partial charge on any atom is -0.459 e. The van der Waals surface area contributed by atoms with Gasteiger partial charge in [0.25, 0.3) is 0 Å². The summed E-state index contributed by atoms with van der Waals surface area (Å²) in [4.78, 5) is 0. The summed E-state index contributed by atoms with van der Waals surface area (Å²) < 4.78 is 20.4. The summed E-state index contributed by atoms with van der Waals surface area (Å²) >= 11 is 3.36. The summed E-state index contributed by atoms with van der Waals surface area (Å²) in [5.41, 5.74) is 1.50. The molecule has 0 aliphatic rings. The first-order valence-electron chi connectivity index (χ1n) is 6.79. The zero-order valence-electron chi connectivity index (χ0n) is 11.6. The van der Waals surface area contributed by atoms with Crippen molar-refractivity contribution >= 4 is 26.9 Å². The maximum Gasteiger partial charge on any atom is 0.134 e. The number of furan rings is 1. The molecule has 2 aromatic carbocycles. The molecular weight excluding hydrogens is 333 g/mol. The molecular formula is C17H15BrFNO. The van der Waals surface area contributed by atoms with E-state index in [0.29, 0.717) is 12.1 Å². The lowest BCUT2D eigenvalue weighted by atomic mass is 10.2. The van der Waals surface area contributed by atoms with Crippen LogP contribution in [-0.4, -0.2) is 0 Å². The Morgan fingerprint density at radius 3 is 2.81 bits per heavy atom. The van der Waals surface area contributed by atoms with Gasteiger partial charge in [0.1, 0.15) is 17.2 Å². The molecule has 0 aliphatic heterocycles. The van der Waals surface area contributed by atoms with Crippen LogP contribution in [0.1, 0.15) is 24.3 Å². The van der Waals surface area contributed by atoms with Gasteiger partial charge in [-0.2, -0.15) is 0 Å². The van der Waals surface area contributed by atoms with Crippen molar-refractivity contribution in [1.29, 1.82) is 0 Å². The summed E-state index contributed by atoms with van der Waals surface area (Å²) in [6.07, 6.45) is 0. The standard InChI is InChI=1S/C17H15BrFNO/c1-11(17-9-12-4-2-3-5-16(12)21-17)20-10-13-8-14(18)6-7-15(13)19/h2-9,11,20H,10H2,1H3. The fourth-order valence-corrected chi connectivity index (χ4v) is 2.67. The van der Waals surface area contributed by atoms with Crippen LogP contribution in [0.3, 0.4) is 0 Å². The van der Waals surface area contributed by atoms with Crippen molar-refractivity contribution in [1.82, 2.24) is 5.32 Å². The fourth-order valence-electron chi connectivity index (χ4n) is 2.26. The van der Waals surface area contributed by atoms with Crippen molar-refractivity contribution in [3.63, 3.8) is 0 Å². The van der Waals surface area contributed by atoms with Gasteiger partial charge in [-0.1, -0.05) is 34.1 Å². The van der Waals surface area contributed by atoms with Gasteiger partial charge in [0, 0.05) is 22.0 Å². The third kappa shape index (κ3) is 3.17. The van der Waals surface area contributed by atoms with Crippen molar-refractivity contribution < 1.29 is 8.81 Å². The molecule has 108 valence electrons. The summed E-state index contributed by atoms with van der Waals surface area (Å²) in [6.45, 7) is 2.46. The quantitative estimate of drug-likeness (QED) is 0.702. The minimum absolute atomic E-state index is 0.00998. The zero-order chi connectivity index (χ0) is 14.8. The maximum absolute atomic E-state index is 13.7. The predicted octanol–water partition coefficient (Wildman–Crippen LogP) is 5.19. The highest BCUT2D eigenvalue weighted by atomic mass is 79.9. The molecule has 4 heteroatoms. The van der Waals surface area contributed by atoms with Gasteiger partial charge in [-0.05, 0) is 37.3 Å². The van der Waals surface area contributed by atoms with E-state index in [2.05, 4.69) is 21.2 Å². The lowest BCUT2D eigenvalue weighted by Gasteiger charge is -2.12. The molecule has 0 fully saturated rings. The highest BCUT2D eigenvalue weighted by molar-refractivity contribution is 9.10. The van der Waals surface area contributed by atoms with Crippen LogP contribution in [0.4, 0.5) is 4.39 Å². The van der Waals surface area contributed by atoms with Crippen LogP contribution >= 0.6 is 15.9 Å². The Kier molecular flexibility index (Phi) is 4.08. The Labute approximate surface area is 131 Å². The number of nitrogens with one attached hydrogen (secondary N) is 1. The molecule has 0 amide bonds. The van der Waals surface area contributed by atoms with Crippen molar-refractivity contribution in [2.24, 2.45) is 0 Å². The summed E-state index contributed by atoms with van der Waals surface area (Å²) in [6, 6.07) is 14.9. The second-order valence-electron chi connectivity index (χ2n) is 5.02. The summed E-state index contributed by atoms with van der Waals surface area (Å²) in [5.74, 6) is 0.647. The molecule has 3 aromatic rings. The van der Waals surface area contributed by atoms with Crippen molar-refractivity contribution in [3.05, 3.63) is 70.1 Å². The van der Waals surface area contributed by atoms with E-state index in [-0.39, 0.29) is 11.9 Å². The molecule has 1 unspecified atom stereocenters. The van der Waals surface area contributed by atoms with Crippen molar-refractivity contribution in [3.8, 4) is 0 Å². The van der Waals surface area contributed by atoms with Gasteiger partial charge in [-0.15, -0.1) is 0 Å². The first-order chi connectivity index (χ1) is 10.1. The van der Waals surface area contributed by atoms with E-state index in [1.165, 1.54) is 6.07 Å². The van der Waals surface area contributed by atoms with Crippen molar-refractivity contribution in [2.45, 2.75) is 19.5 Å². The number of fused-ring (bicyclic) bond motifs is 1. The molecule has 21 heavy (non-hydrogen) atoms. The third-order valence-electron chi connectivity index (χ3n) is 3.48. The molecule has 0 radical (unpaired) electrons. The smallest absolute Gasteiger partial charge is 0.134 e. The highest BCUT2D eigenvalue weighted by Gasteiger charge is 2.12. The normalized spacial score (nSPS) is 12.7. The van der Waals surface area contributed by atoms with E-state index in [1.807, 2.05) is 37.3 Å². The third-order valence-corrected chi connectivity index (χ3v) is 3.97. The lowest BCUT2D eigenvalue weighted by molar-refractivity contribution is 0.446. The van der Waals surface area contributed by atoms with Crippen LogP contribution < -0.4 is 5.32 Å². The Balaban J connectivity index is 1.74. The molecule has 0 saturated carbocycles. The number of rotatable bonds is 4. The van der Waals surface area contributed by atoms with E-state index >= 15 is 0 Å².